The van der Waals surface area contributed by atoms with Gasteiger partial charge >= 0.3 is 11.9 Å². The van der Waals surface area contributed by atoms with Crippen molar-refractivity contribution in [1.29, 1.82) is 0 Å². The summed E-state index contributed by atoms with van der Waals surface area (Å²) in [6.07, 6.45) is 2.91. The predicted molar refractivity (Wildman–Crippen MR) is 145 cm³/mol. The van der Waals surface area contributed by atoms with Crippen LogP contribution in [0.5, 0.6) is 5.75 Å². The number of carbonyl (C=O) groups excluding carboxylic acids is 3. The zero-order valence-electron chi connectivity index (χ0n) is 19.5. The lowest BCUT2D eigenvalue weighted by Gasteiger charge is -2.47. The molecule has 0 radical (unpaired) electrons. The zero-order chi connectivity index (χ0) is 25.7. The average Bonchev–Trinajstić information content (AvgIpc) is 3.10. The summed E-state index contributed by atoms with van der Waals surface area (Å²) < 4.78 is 13.2. The van der Waals surface area contributed by atoms with E-state index in [1.807, 2.05) is 25.1 Å². The van der Waals surface area contributed by atoms with E-state index in [4.69, 9.17) is 19.2 Å². The summed E-state index contributed by atoms with van der Waals surface area (Å²) in [4.78, 5) is 49.6. The minimum Gasteiger partial charge on any atom is -0.488 e. The van der Waals surface area contributed by atoms with Crippen LogP contribution in [0.15, 0.2) is 54.8 Å². The van der Waals surface area contributed by atoms with E-state index in [1.165, 1.54) is 17.1 Å². The van der Waals surface area contributed by atoms with Gasteiger partial charge in [0.05, 0.1) is 21.4 Å². The number of ether oxygens (including phenoxy) is 2. The van der Waals surface area contributed by atoms with Gasteiger partial charge in [0.25, 0.3) is 0 Å². The topological polar surface area (TPSA) is 91.4 Å². The maximum Gasteiger partial charge on any atom is 0.355 e. The third-order valence-corrected chi connectivity index (χ3v) is 8.18. The molecule has 35 heavy (non-hydrogen) atoms. The quantitative estimate of drug-likeness (QED) is 0.0467. The molecular weight excluding hydrogens is 680 g/mol. The summed E-state index contributed by atoms with van der Waals surface area (Å²) in [6, 6.07) is 5.43. The number of carbonyl (C=O) groups is 3. The highest BCUT2D eigenvalue weighted by molar-refractivity contribution is 14.1. The molecule has 10 heteroatoms. The first-order valence-corrected chi connectivity index (χ1v) is 13.6. The zero-order valence-corrected chi connectivity index (χ0v) is 23.8. The molecule has 1 saturated heterocycles. The van der Waals surface area contributed by atoms with Gasteiger partial charge in [-0.3, -0.25) is 9.68 Å². The summed E-state index contributed by atoms with van der Waals surface area (Å²) in [5.41, 5.74) is 1.97. The Kier molecular flexibility index (Phi) is 9.76. The molecule has 4 atom stereocenters. The first-order valence-electron chi connectivity index (χ1n) is 11.0. The van der Waals surface area contributed by atoms with Crippen LogP contribution in [0.2, 0.25) is 0 Å². The SMILES string of the molecule is C=CCOOC(=O)C(C)C1C(=O)N2C(C(=O)OCC=C)=C(COc3cccc(CI)c3I)[C@H](C)C12. The number of nitrogens with zero attached hydrogens (tertiary/aromatic N) is 1. The molecule has 188 valence electrons. The number of hydrogen-bond donors (Lipinski definition) is 0. The Morgan fingerprint density at radius 2 is 1.94 bits per heavy atom. The first kappa shape index (κ1) is 27.7. The molecule has 3 rings (SSSR count). The Labute approximate surface area is 231 Å². The van der Waals surface area contributed by atoms with Crippen molar-refractivity contribution >= 4 is 63.0 Å². The fraction of sp³-hybridized carbons (Fsp3) is 0.400. The molecule has 1 aromatic rings. The highest BCUT2D eigenvalue weighted by atomic mass is 127. The molecule has 0 saturated carbocycles. The van der Waals surface area contributed by atoms with Crippen LogP contribution >= 0.6 is 45.2 Å². The van der Waals surface area contributed by atoms with Gasteiger partial charge in [0.1, 0.15) is 31.3 Å². The van der Waals surface area contributed by atoms with E-state index in [2.05, 4.69) is 58.3 Å². The van der Waals surface area contributed by atoms with Gasteiger partial charge in [-0.25, -0.2) is 9.59 Å². The highest BCUT2D eigenvalue weighted by Crippen LogP contribution is 2.49. The number of β-lactam (4-membered cyclic amide) rings is 1. The molecule has 3 unspecified atom stereocenters. The Balaban J connectivity index is 1.85. The van der Waals surface area contributed by atoms with Gasteiger partial charge in [0.15, 0.2) is 0 Å². The molecule has 2 aliphatic heterocycles. The van der Waals surface area contributed by atoms with Crippen molar-refractivity contribution in [2.75, 3.05) is 19.8 Å². The normalized spacial score (nSPS) is 21.7. The molecule has 1 amide bonds. The second-order valence-electron chi connectivity index (χ2n) is 8.19. The van der Waals surface area contributed by atoms with Crippen LogP contribution in [0.3, 0.4) is 0 Å². The van der Waals surface area contributed by atoms with Crippen LogP contribution in [0.25, 0.3) is 0 Å². The monoisotopic (exact) mass is 707 g/mol. The van der Waals surface area contributed by atoms with E-state index >= 15 is 0 Å². The minimum atomic E-state index is -0.761. The van der Waals surface area contributed by atoms with Crippen LogP contribution in [0.1, 0.15) is 19.4 Å². The van der Waals surface area contributed by atoms with Crippen molar-refractivity contribution in [3.63, 3.8) is 0 Å². The first-order chi connectivity index (χ1) is 16.8. The third kappa shape index (κ3) is 5.58. The van der Waals surface area contributed by atoms with Crippen molar-refractivity contribution in [2.24, 2.45) is 17.8 Å². The van der Waals surface area contributed by atoms with Gasteiger partial charge in [-0.05, 0) is 34.2 Å². The lowest BCUT2D eigenvalue weighted by Crippen LogP contribution is -2.63. The van der Waals surface area contributed by atoms with Gasteiger partial charge in [-0.1, -0.05) is 67.3 Å². The number of halogens is 2. The van der Waals surface area contributed by atoms with Gasteiger partial charge < -0.3 is 14.4 Å². The molecule has 2 heterocycles. The second kappa shape index (κ2) is 12.3. The molecular formula is C25H27I2NO7. The summed E-state index contributed by atoms with van der Waals surface area (Å²) in [7, 11) is 0. The number of hydrogen-bond acceptors (Lipinski definition) is 7. The lowest BCUT2D eigenvalue weighted by atomic mass is 9.74. The largest absolute Gasteiger partial charge is 0.488 e. The molecule has 8 nitrogen and oxygen atoms in total. The Morgan fingerprint density at radius 3 is 2.60 bits per heavy atom. The summed E-state index contributed by atoms with van der Waals surface area (Å²) in [6.45, 7) is 10.8. The predicted octanol–water partition coefficient (Wildman–Crippen LogP) is 4.36. The van der Waals surface area contributed by atoms with Crippen LogP contribution in [0.4, 0.5) is 0 Å². The van der Waals surface area contributed by atoms with Gasteiger partial charge in [-0.2, -0.15) is 4.89 Å². The lowest BCUT2D eigenvalue weighted by molar-refractivity contribution is -0.271. The summed E-state index contributed by atoms with van der Waals surface area (Å²) >= 11 is 4.54. The number of rotatable bonds is 12. The van der Waals surface area contributed by atoms with E-state index in [0.717, 1.165) is 13.6 Å². The molecule has 0 bridgehead atoms. The van der Waals surface area contributed by atoms with Crippen molar-refractivity contribution in [3.05, 3.63) is 63.9 Å². The standard InChI is InChI=1S/C25H27I2NO7/c1-5-10-32-25(31)22-17(13-33-18-9-7-8-16(12-26)20(18)27)14(3)21-19(23(29)28(21)22)15(4)24(30)35-34-11-6-2/h5-9,14-15,19,21H,1-2,10-13H2,3-4H3/t14-,15?,19?,21?/m0/s1. The summed E-state index contributed by atoms with van der Waals surface area (Å²) in [5, 5.41) is 0. The Bertz CT molecular complexity index is 1050. The number of benzene rings is 1. The number of alkyl halides is 1. The van der Waals surface area contributed by atoms with E-state index in [9.17, 15) is 14.4 Å². The van der Waals surface area contributed by atoms with Gasteiger partial charge in [-0.15, -0.1) is 6.58 Å². The van der Waals surface area contributed by atoms with Crippen LogP contribution in [-0.2, 0) is 33.3 Å². The van der Waals surface area contributed by atoms with Crippen molar-refractivity contribution in [2.45, 2.75) is 24.3 Å². The van der Waals surface area contributed by atoms with Crippen molar-refractivity contribution < 1.29 is 33.6 Å². The fourth-order valence-electron chi connectivity index (χ4n) is 4.33. The molecule has 0 spiro atoms. The molecule has 2 aliphatic rings. The average molecular weight is 707 g/mol. The van der Waals surface area contributed by atoms with E-state index in [1.54, 1.807) is 6.92 Å². The maximum atomic E-state index is 13.2. The number of fused-ring (bicyclic) bond motifs is 1. The Hall–Kier alpha value is -1.93. The summed E-state index contributed by atoms with van der Waals surface area (Å²) in [5.74, 6) is -2.56. The second-order valence-corrected chi connectivity index (χ2v) is 10.0. The fourth-order valence-corrected chi connectivity index (χ4v) is 6.40. The van der Waals surface area contributed by atoms with E-state index in [-0.39, 0.29) is 37.3 Å². The number of esters is 1. The molecule has 0 aliphatic carbocycles. The maximum absolute atomic E-state index is 13.2. The van der Waals surface area contributed by atoms with E-state index < -0.39 is 29.8 Å². The number of amides is 1. The van der Waals surface area contributed by atoms with Crippen LogP contribution in [-0.4, -0.2) is 48.6 Å². The van der Waals surface area contributed by atoms with Crippen LogP contribution < -0.4 is 4.74 Å². The highest BCUT2D eigenvalue weighted by Gasteiger charge is 2.61. The van der Waals surface area contributed by atoms with Gasteiger partial charge in [0.2, 0.25) is 5.91 Å². The molecule has 1 fully saturated rings. The smallest absolute Gasteiger partial charge is 0.355 e. The third-order valence-electron chi connectivity index (χ3n) is 6.13. The Morgan fingerprint density at radius 1 is 1.23 bits per heavy atom. The van der Waals surface area contributed by atoms with Crippen LogP contribution in [0, 0.1) is 21.3 Å². The van der Waals surface area contributed by atoms with Crippen molar-refractivity contribution in [1.82, 2.24) is 4.90 Å². The minimum absolute atomic E-state index is 0.0138. The van der Waals surface area contributed by atoms with Crippen molar-refractivity contribution in [3.8, 4) is 5.75 Å². The van der Waals surface area contributed by atoms with Gasteiger partial charge in [0, 0.05) is 15.9 Å². The molecule has 0 aromatic heterocycles. The molecule has 1 aromatic carbocycles. The molecule has 0 N–H and O–H groups in total. The van der Waals surface area contributed by atoms with E-state index in [0.29, 0.717) is 11.3 Å².